The molecule has 0 fully saturated rings. The molecule has 3 aromatic rings. The molecule has 0 aliphatic rings. The van der Waals surface area contributed by atoms with Crippen LogP contribution in [0.2, 0.25) is 0 Å². The molecule has 0 aliphatic carbocycles. The number of nitrogens with zero attached hydrogens (tertiary/aromatic N) is 1. The van der Waals surface area contributed by atoms with Gasteiger partial charge in [-0.2, -0.15) is 4.31 Å². The molecular formula is C25H26BrNO4S. The lowest BCUT2D eigenvalue weighted by atomic mass is 10.0. The van der Waals surface area contributed by atoms with Gasteiger partial charge in [-0.1, -0.05) is 57.2 Å². The Bertz CT molecular complexity index is 1180. The number of halogens is 1. The molecule has 3 aromatic carbocycles. The average Bonchev–Trinajstić information content (AvgIpc) is 2.79. The summed E-state index contributed by atoms with van der Waals surface area (Å²) in [4.78, 5) is 13.2. The van der Waals surface area contributed by atoms with E-state index in [9.17, 15) is 13.2 Å². The average molecular weight is 516 g/mol. The molecule has 0 bridgehead atoms. The summed E-state index contributed by atoms with van der Waals surface area (Å²) in [5.74, 6) is 0.138. The Balaban J connectivity index is 1.92. The third kappa shape index (κ3) is 5.40. The first-order valence-electron chi connectivity index (χ1n) is 10.4. The van der Waals surface area contributed by atoms with Crippen LogP contribution in [0.4, 0.5) is 5.69 Å². The Labute approximate surface area is 198 Å². The van der Waals surface area contributed by atoms with Gasteiger partial charge in [0.2, 0.25) is 0 Å². The molecule has 0 aliphatic heterocycles. The van der Waals surface area contributed by atoms with Gasteiger partial charge in [0.25, 0.3) is 15.9 Å². The molecule has 168 valence electrons. The van der Waals surface area contributed by atoms with Crippen LogP contribution in [0.1, 0.15) is 37.8 Å². The number of hydrogen-bond acceptors (Lipinski definition) is 4. The standard InChI is InChI=1S/C25H26BrNO4S/c1-4-19-10-13-21(14-11-19)27(32(29,30)22-8-6-5-7-9-22)25(28)17-31-24-15-12-20(18(2)3)16-23(24)26/h5-16,18H,4,17H2,1-3H3. The number of amides is 1. The Kier molecular flexibility index (Phi) is 7.74. The molecular weight excluding hydrogens is 490 g/mol. The highest BCUT2D eigenvalue weighted by Gasteiger charge is 2.31. The lowest BCUT2D eigenvalue weighted by Crippen LogP contribution is -2.40. The number of ether oxygens (including phenoxy) is 1. The molecule has 0 spiro atoms. The van der Waals surface area contributed by atoms with Gasteiger partial charge in [0.15, 0.2) is 6.61 Å². The van der Waals surface area contributed by atoms with Gasteiger partial charge in [0.05, 0.1) is 15.1 Å². The van der Waals surface area contributed by atoms with Crippen LogP contribution in [-0.4, -0.2) is 20.9 Å². The van der Waals surface area contributed by atoms with Crippen LogP contribution in [0.25, 0.3) is 0 Å². The monoisotopic (exact) mass is 515 g/mol. The minimum atomic E-state index is -4.11. The molecule has 0 N–H and O–H groups in total. The van der Waals surface area contributed by atoms with E-state index in [1.54, 1.807) is 36.4 Å². The normalized spacial score (nSPS) is 11.4. The molecule has 1 amide bonds. The number of carbonyl (C=O) groups excluding carboxylic acids is 1. The number of sulfonamides is 1. The molecule has 0 atom stereocenters. The second kappa shape index (κ2) is 10.3. The first-order chi connectivity index (χ1) is 15.2. The number of anilines is 1. The van der Waals surface area contributed by atoms with Crippen molar-refractivity contribution in [3.05, 3.63) is 88.4 Å². The van der Waals surface area contributed by atoms with Crippen LogP contribution in [-0.2, 0) is 21.2 Å². The minimum absolute atomic E-state index is 0.0374. The second-order valence-corrected chi connectivity index (χ2v) is 10.3. The zero-order valence-electron chi connectivity index (χ0n) is 18.3. The highest BCUT2D eigenvalue weighted by Crippen LogP contribution is 2.30. The summed E-state index contributed by atoms with van der Waals surface area (Å²) in [5.41, 5.74) is 2.44. The van der Waals surface area contributed by atoms with Crippen molar-refractivity contribution in [2.75, 3.05) is 10.9 Å². The lowest BCUT2D eigenvalue weighted by Gasteiger charge is -2.23. The van der Waals surface area contributed by atoms with Crippen molar-refractivity contribution in [2.45, 2.75) is 38.0 Å². The number of rotatable bonds is 8. The maximum absolute atomic E-state index is 13.4. The maximum atomic E-state index is 13.4. The van der Waals surface area contributed by atoms with E-state index < -0.39 is 22.5 Å². The van der Waals surface area contributed by atoms with Crippen LogP contribution in [0.3, 0.4) is 0 Å². The molecule has 0 saturated carbocycles. The van der Waals surface area contributed by atoms with Gasteiger partial charge >= 0.3 is 0 Å². The van der Waals surface area contributed by atoms with Crippen LogP contribution in [0, 0.1) is 0 Å². The Morgan fingerprint density at radius 3 is 2.22 bits per heavy atom. The van der Waals surface area contributed by atoms with E-state index >= 15 is 0 Å². The molecule has 0 aromatic heterocycles. The van der Waals surface area contributed by atoms with Crippen LogP contribution >= 0.6 is 15.9 Å². The number of hydrogen-bond donors (Lipinski definition) is 0. The van der Waals surface area contributed by atoms with Crippen molar-refractivity contribution >= 4 is 37.5 Å². The van der Waals surface area contributed by atoms with E-state index in [0.29, 0.717) is 16.1 Å². The summed E-state index contributed by atoms with van der Waals surface area (Å²) in [6.45, 7) is 5.75. The summed E-state index contributed by atoms with van der Waals surface area (Å²) >= 11 is 3.47. The molecule has 7 heteroatoms. The predicted molar refractivity (Wildman–Crippen MR) is 131 cm³/mol. The molecule has 0 saturated heterocycles. The zero-order valence-corrected chi connectivity index (χ0v) is 20.7. The van der Waals surface area contributed by atoms with E-state index in [1.807, 2.05) is 31.2 Å². The van der Waals surface area contributed by atoms with E-state index in [-0.39, 0.29) is 10.6 Å². The SMILES string of the molecule is CCc1ccc(N(C(=O)COc2ccc(C(C)C)cc2Br)S(=O)(=O)c2ccccc2)cc1. The van der Waals surface area contributed by atoms with E-state index in [0.717, 1.165) is 21.9 Å². The van der Waals surface area contributed by atoms with Crippen molar-refractivity contribution in [3.8, 4) is 5.75 Å². The van der Waals surface area contributed by atoms with Gasteiger partial charge in [0.1, 0.15) is 5.75 Å². The van der Waals surface area contributed by atoms with Crippen LogP contribution < -0.4 is 9.04 Å². The van der Waals surface area contributed by atoms with E-state index in [2.05, 4.69) is 29.8 Å². The smallest absolute Gasteiger partial charge is 0.278 e. The van der Waals surface area contributed by atoms with Crippen molar-refractivity contribution in [3.63, 3.8) is 0 Å². The van der Waals surface area contributed by atoms with Gasteiger partial charge in [-0.25, -0.2) is 8.42 Å². The van der Waals surface area contributed by atoms with Gasteiger partial charge in [-0.15, -0.1) is 0 Å². The Hall–Kier alpha value is -2.64. The fourth-order valence-corrected chi connectivity index (χ4v) is 5.12. The summed E-state index contributed by atoms with van der Waals surface area (Å²) in [6.07, 6.45) is 0.809. The van der Waals surface area contributed by atoms with Gasteiger partial charge in [0, 0.05) is 0 Å². The number of aryl methyl sites for hydroxylation is 1. The molecule has 0 unspecified atom stereocenters. The van der Waals surface area contributed by atoms with Crippen LogP contribution in [0.5, 0.6) is 5.75 Å². The van der Waals surface area contributed by atoms with E-state index in [4.69, 9.17) is 4.74 Å². The Morgan fingerprint density at radius 1 is 1.00 bits per heavy atom. The highest BCUT2D eigenvalue weighted by molar-refractivity contribution is 9.10. The quantitative estimate of drug-likeness (QED) is 0.372. The van der Waals surface area contributed by atoms with Gasteiger partial charge < -0.3 is 4.74 Å². The summed E-state index contributed by atoms with van der Waals surface area (Å²) in [7, 11) is -4.11. The summed E-state index contributed by atoms with van der Waals surface area (Å²) < 4.78 is 34.0. The molecule has 0 heterocycles. The van der Waals surface area contributed by atoms with Gasteiger partial charge in [-0.05, 0) is 75.8 Å². The fourth-order valence-electron chi connectivity index (χ4n) is 3.17. The van der Waals surface area contributed by atoms with Crippen molar-refractivity contribution in [1.29, 1.82) is 0 Å². The number of benzene rings is 3. The van der Waals surface area contributed by atoms with Crippen molar-refractivity contribution in [1.82, 2.24) is 0 Å². The first kappa shape index (κ1) is 24.0. The largest absolute Gasteiger partial charge is 0.483 e. The summed E-state index contributed by atoms with van der Waals surface area (Å²) in [5, 5.41) is 0. The number of carbonyl (C=O) groups is 1. The third-order valence-electron chi connectivity index (χ3n) is 5.06. The zero-order chi connectivity index (χ0) is 23.3. The molecule has 3 rings (SSSR count). The van der Waals surface area contributed by atoms with Gasteiger partial charge in [-0.3, -0.25) is 4.79 Å². The fraction of sp³-hybridized carbons (Fsp3) is 0.240. The predicted octanol–water partition coefficient (Wildman–Crippen LogP) is 5.94. The summed E-state index contributed by atoms with van der Waals surface area (Å²) in [6, 6.07) is 20.5. The molecule has 5 nitrogen and oxygen atoms in total. The molecule has 0 radical (unpaired) electrons. The van der Waals surface area contributed by atoms with Crippen molar-refractivity contribution in [2.24, 2.45) is 0 Å². The first-order valence-corrected chi connectivity index (χ1v) is 12.6. The Morgan fingerprint density at radius 2 is 1.66 bits per heavy atom. The highest BCUT2D eigenvalue weighted by atomic mass is 79.9. The topological polar surface area (TPSA) is 63.7 Å². The minimum Gasteiger partial charge on any atom is -0.483 e. The van der Waals surface area contributed by atoms with Crippen molar-refractivity contribution < 1.29 is 17.9 Å². The third-order valence-corrected chi connectivity index (χ3v) is 7.44. The van der Waals surface area contributed by atoms with E-state index in [1.165, 1.54) is 12.1 Å². The molecule has 32 heavy (non-hydrogen) atoms. The van der Waals surface area contributed by atoms with Crippen LogP contribution in [0.15, 0.2) is 82.2 Å². The second-order valence-electron chi connectivity index (χ2n) is 7.63. The lowest BCUT2D eigenvalue weighted by molar-refractivity contribution is -0.119. The maximum Gasteiger partial charge on any atom is 0.278 e.